The van der Waals surface area contributed by atoms with Gasteiger partial charge in [-0.3, -0.25) is 9.59 Å². The molecule has 86 valence electrons. The molecule has 0 radical (unpaired) electrons. The third-order valence-corrected chi connectivity index (χ3v) is 2.64. The molecule has 0 aromatic heterocycles. The molecule has 0 fully saturated rings. The number of nitrogens with one attached hydrogen (secondary N) is 1. The molecule has 2 N–H and O–H groups in total. The van der Waals surface area contributed by atoms with Crippen LogP contribution in [0.1, 0.15) is 18.0 Å². The van der Waals surface area contributed by atoms with Crippen molar-refractivity contribution in [3.8, 4) is 0 Å². The molecule has 0 unspecified atom stereocenters. The standard InChI is InChI=1S/C10H9BrFNO3/c11-7-2-1-6(3-8(7)12)9(13-5-14)4-10(15)16/h1-3,5,9H,4H2,(H,13,14)(H,15,16)/t9-/m1/s1. The van der Waals surface area contributed by atoms with Gasteiger partial charge in [-0.25, -0.2) is 4.39 Å². The molecule has 4 nitrogen and oxygen atoms in total. The van der Waals surface area contributed by atoms with Gasteiger partial charge >= 0.3 is 5.97 Å². The second-order valence-corrected chi connectivity index (χ2v) is 3.96. The predicted molar refractivity (Wildman–Crippen MR) is 58.3 cm³/mol. The Balaban J connectivity index is 2.95. The number of aliphatic carboxylic acids is 1. The number of amides is 1. The summed E-state index contributed by atoms with van der Waals surface area (Å²) >= 11 is 2.99. The molecule has 6 heteroatoms. The maximum atomic E-state index is 13.2. The summed E-state index contributed by atoms with van der Waals surface area (Å²) in [7, 11) is 0. The Kier molecular flexibility index (Phi) is 4.42. The average Bonchev–Trinajstić information content (AvgIpc) is 2.21. The van der Waals surface area contributed by atoms with Crippen LogP contribution >= 0.6 is 15.9 Å². The van der Waals surface area contributed by atoms with Gasteiger partial charge in [-0.1, -0.05) is 6.07 Å². The number of halogens is 2. The summed E-state index contributed by atoms with van der Waals surface area (Å²) in [6, 6.07) is 3.48. The minimum Gasteiger partial charge on any atom is -0.481 e. The van der Waals surface area contributed by atoms with Gasteiger partial charge < -0.3 is 10.4 Å². The average molecular weight is 290 g/mol. The van der Waals surface area contributed by atoms with Gasteiger partial charge in [0, 0.05) is 0 Å². The normalized spacial score (nSPS) is 11.9. The summed E-state index contributed by atoms with van der Waals surface area (Å²) in [5, 5.41) is 11.0. The molecule has 0 saturated carbocycles. The SMILES string of the molecule is O=CN[C@H](CC(=O)O)c1ccc(Br)c(F)c1. The van der Waals surface area contributed by atoms with Crippen LogP contribution in [0.5, 0.6) is 0 Å². The molecule has 1 rings (SSSR count). The van der Waals surface area contributed by atoms with E-state index in [0.29, 0.717) is 12.0 Å². The number of benzene rings is 1. The van der Waals surface area contributed by atoms with Crippen LogP contribution in [0.4, 0.5) is 4.39 Å². The van der Waals surface area contributed by atoms with Crippen molar-refractivity contribution >= 4 is 28.3 Å². The Morgan fingerprint density at radius 2 is 2.31 bits per heavy atom. The molecular weight excluding hydrogens is 281 g/mol. The number of hydrogen-bond donors (Lipinski definition) is 2. The quantitative estimate of drug-likeness (QED) is 0.813. The fourth-order valence-electron chi connectivity index (χ4n) is 1.26. The highest BCUT2D eigenvalue weighted by molar-refractivity contribution is 9.10. The molecule has 0 aliphatic carbocycles. The van der Waals surface area contributed by atoms with Crippen molar-refractivity contribution in [1.29, 1.82) is 0 Å². The van der Waals surface area contributed by atoms with E-state index in [4.69, 9.17) is 5.11 Å². The van der Waals surface area contributed by atoms with E-state index in [1.165, 1.54) is 12.1 Å². The molecule has 0 spiro atoms. The van der Waals surface area contributed by atoms with Crippen molar-refractivity contribution in [3.05, 3.63) is 34.1 Å². The second kappa shape index (κ2) is 5.60. The second-order valence-electron chi connectivity index (χ2n) is 3.11. The number of carboxylic acid groups (broad SMARTS) is 1. The lowest BCUT2D eigenvalue weighted by Crippen LogP contribution is -2.22. The van der Waals surface area contributed by atoms with E-state index in [2.05, 4.69) is 21.2 Å². The van der Waals surface area contributed by atoms with Crippen LogP contribution in [-0.2, 0) is 9.59 Å². The molecular formula is C10H9BrFNO3. The van der Waals surface area contributed by atoms with Crippen LogP contribution in [0.25, 0.3) is 0 Å². The number of carbonyl (C=O) groups excluding carboxylic acids is 1. The molecule has 0 heterocycles. The molecule has 16 heavy (non-hydrogen) atoms. The maximum Gasteiger partial charge on any atom is 0.305 e. The van der Waals surface area contributed by atoms with Gasteiger partial charge in [0.05, 0.1) is 16.9 Å². The highest BCUT2D eigenvalue weighted by Crippen LogP contribution is 2.22. The largest absolute Gasteiger partial charge is 0.481 e. The van der Waals surface area contributed by atoms with Crippen LogP contribution in [0.3, 0.4) is 0 Å². The van der Waals surface area contributed by atoms with Crippen molar-refractivity contribution in [2.75, 3.05) is 0 Å². The molecule has 1 amide bonds. The van der Waals surface area contributed by atoms with Crippen molar-refractivity contribution in [2.24, 2.45) is 0 Å². The lowest BCUT2D eigenvalue weighted by molar-refractivity contribution is -0.137. The van der Waals surface area contributed by atoms with E-state index in [1.54, 1.807) is 6.07 Å². The summed E-state index contributed by atoms with van der Waals surface area (Å²) in [6.45, 7) is 0. The summed E-state index contributed by atoms with van der Waals surface area (Å²) < 4.78 is 13.5. The molecule has 0 aliphatic rings. The first-order valence-electron chi connectivity index (χ1n) is 4.41. The van der Waals surface area contributed by atoms with E-state index < -0.39 is 17.8 Å². The summed E-state index contributed by atoms with van der Waals surface area (Å²) in [5.74, 6) is -1.57. The number of hydrogen-bond acceptors (Lipinski definition) is 2. The van der Waals surface area contributed by atoms with Gasteiger partial charge in [-0.15, -0.1) is 0 Å². The fraction of sp³-hybridized carbons (Fsp3) is 0.200. The predicted octanol–water partition coefficient (Wildman–Crippen LogP) is 1.85. The number of rotatable bonds is 5. The zero-order chi connectivity index (χ0) is 12.1. The van der Waals surface area contributed by atoms with Crippen molar-refractivity contribution in [1.82, 2.24) is 5.32 Å². The lowest BCUT2D eigenvalue weighted by atomic mass is 10.0. The van der Waals surface area contributed by atoms with Crippen LogP contribution in [0, 0.1) is 5.82 Å². The van der Waals surface area contributed by atoms with Crippen molar-refractivity contribution < 1.29 is 19.1 Å². The zero-order valence-corrected chi connectivity index (χ0v) is 9.70. The van der Waals surface area contributed by atoms with E-state index in [1.807, 2.05) is 0 Å². The highest BCUT2D eigenvalue weighted by Gasteiger charge is 2.15. The first kappa shape index (κ1) is 12.6. The molecule has 1 aromatic rings. The molecule has 1 atom stereocenters. The highest BCUT2D eigenvalue weighted by atomic mass is 79.9. The summed E-state index contributed by atoms with van der Waals surface area (Å²) in [5.41, 5.74) is 0.412. The van der Waals surface area contributed by atoms with Gasteiger partial charge in [0.15, 0.2) is 0 Å². The lowest BCUT2D eigenvalue weighted by Gasteiger charge is -2.14. The first-order valence-corrected chi connectivity index (χ1v) is 5.20. The Morgan fingerprint density at radius 1 is 1.62 bits per heavy atom. The van der Waals surface area contributed by atoms with Crippen LogP contribution in [0.15, 0.2) is 22.7 Å². The molecule has 1 aromatic carbocycles. The summed E-state index contributed by atoms with van der Waals surface area (Å²) in [6.07, 6.45) is 0.105. The van der Waals surface area contributed by atoms with Gasteiger partial charge in [-0.05, 0) is 33.6 Å². The smallest absolute Gasteiger partial charge is 0.305 e. The van der Waals surface area contributed by atoms with Gasteiger partial charge in [-0.2, -0.15) is 0 Å². The van der Waals surface area contributed by atoms with E-state index in [0.717, 1.165) is 0 Å². The Morgan fingerprint density at radius 3 is 2.81 bits per heavy atom. The van der Waals surface area contributed by atoms with Crippen molar-refractivity contribution in [3.63, 3.8) is 0 Å². The Labute approximate surface area is 99.6 Å². The van der Waals surface area contributed by atoms with Gasteiger partial charge in [0.25, 0.3) is 0 Å². The van der Waals surface area contributed by atoms with Gasteiger partial charge in [0.2, 0.25) is 6.41 Å². The molecule has 0 bridgehead atoms. The monoisotopic (exact) mass is 289 g/mol. The maximum absolute atomic E-state index is 13.2. The minimum absolute atomic E-state index is 0.288. The third-order valence-electron chi connectivity index (χ3n) is 1.99. The van der Waals surface area contributed by atoms with Crippen LogP contribution in [0.2, 0.25) is 0 Å². The minimum atomic E-state index is -1.07. The number of carboxylic acids is 1. The van der Waals surface area contributed by atoms with Crippen LogP contribution in [-0.4, -0.2) is 17.5 Å². The topological polar surface area (TPSA) is 66.4 Å². The number of carbonyl (C=O) groups is 2. The fourth-order valence-corrected chi connectivity index (χ4v) is 1.51. The van der Waals surface area contributed by atoms with E-state index in [9.17, 15) is 14.0 Å². The first-order chi connectivity index (χ1) is 7.54. The third kappa shape index (κ3) is 3.30. The van der Waals surface area contributed by atoms with Crippen molar-refractivity contribution in [2.45, 2.75) is 12.5 Å². The Bertz CT molecular complexity index is 411. The Hall–Kier alpha value is -1.43. The summed E-state index contributed by atoms with van der Waals surface area (Å²) in [4.78, 5) is 20.9. The van der Waals surface area contributed by atoms with E-state index in [-0.39, 0.29) is 10.9 Å². The molecule has 0 aliphatic heterocycles. The van der Waals surface area contributed by atoms with Crippen LogP contribution < -0.4 is 5.32 Å². The van der Waals surface area contributed by atoms with Gasteiger partial charge in [0.1, 0.15) is 5.82 Å². The molecule has 0 saturated heterocycles. The van der Waals surface area contributed by atoms with E-state index >= 15 is 0 Å². The zero-order valence-electron chi connectivity index (χ0n) is 8.11.